The quantitative estimate of drug-likeness (QED) is 0.618. The van der Waals surface area contributed by atoms with Gasteiger partial charge < -0.3 is 0 Å². The summed E-state index contributed by atoms with van der Waals surface area (Å²) in [5.74, 6) is -0.144. The molecular weight excluding hydrogens is 266 g/mol. The van der Waals surface area contributed by atoms with Gasteiger partial charge in [0.1, 0.15) is 6.33 Å². The van der Waals surface area contributed by atoms with Gasteiger partial charge in [-0.05, 0) is 31.2 Å². The monoisotopic (exact) mass is 279 g/mol. The maximum atomic E-state index is 9.11. The average molecular weight is 280 g/mol. The van der Waals surface area contributed by atoms with Crippen LogP contribution in [0.1, 0.15) is 42.1 Å². The molecular formula is C12H14BrN3. The summed E-state index contributed by atoms with van der Waals surface area (Å²) in [5, 5.41) is 9.76. The molecule has 0 spiro atoms. The van der Waals surface area contributed by atoms with Gasteiger partial charge in [0.2, 0.25) is 0 Å². The molecule has 1 heterocycles. The highest BCUT2D eigenvalue weighted by molar-refractivity contribution is 9.09. The van der Waals surface area contributed by atoms with E-state index in [4.69, 9.17) is 5.26 Å². The number of fused-ring (bicyclic) bond motifs is 1. The molecule has 84 valence electrons. The molecule has 0 amide bonds. The molecule has 0 saturated heterocycles. The van der Waals surface area contributed by atoms with Gasteiger partial charge in [-0.25, -0.2) is 9.97 Å². The molecule has 0 aromatic carbocycles. The van der Waals surface area contributed by atoms with Crippen LogP contribution in [-0.2, 0) is 12.8 Å². The van der Waals surface area contributed by atoms with Gasteiger partial charge in [0.15, 0.2) is 0 Å². The Balaban J connectivity index is 2.42. The third kappa shape index (κ3) is 2.25. The zero-order valence-corrected chi connectivity index (χ0v) is 10.7. The van der Waals surface area contributed by atoms with Gasteiger partial charge in [0.05, 0.1) is 17.7 Å². The molecule has 1 aliphatic rings. The highest BCUT2D eigenvalue weighted by atomic mass is 79.9. The number of nitrogens with zero attached hydrogens (tertiary/aromatic N) is 3. The van der Waals surface area contributed by atoms with Crippen molar-refractivity contribution in [1.29, 1.82) is 5.26 Å². The molecule has 1 aromatic rings. The molecule has 3 nitrogen and oxygen atoms in total. The molecule has 16 heavy (non-hydrogen) atoms. The highest BCUT2D eigenvalue weighted by Gasteiger charge is 2.20. The van der Waals surface area contributed by atoms with E-state index in [9.17, 15) is 0 Å². The Morgan fingerprint density at radius 1 is 1.31 bits per heavy atom. The minimum atomic E-state index is -0.144. The van der Waals surface area contributed by atoms with E-state index in [1.807, 2.05) is 0 Å². The highest BCUT2D eigenvalue weighted by Crippen LogP contribution is 2.26. The van der Waals surface area contributed by atoms with Crippen molar-refractivity contribution >= 4 is 15.9 Å². The van der Waals surface area contributed by atoms with Gasteiger partial charge in [-0.15, -0.1) is 0 Å². The Morgan fingerprint density at radius 2 is 2.12 bits per heavy atom. The predicted molar refractivity (Wildman–Crippen MR) is 65.4 cm³/mol. The summed E-state index contributed by atoms with van der Waals surface area (Å²) in [5.41, 5.74) is 3.32. The summed E-state index contributed by atoms with van der Waals surface area (Å²) in [6, 6.07) is 2.30. The fourth-order valence-corrected chi connectivity index (χ4v) is 2.64. The zero-order chi connectivity index (χ0) is 11.4. The van der Waals surface area contributed by atoms with Crippen molar-refractivity contribution in [3.8, 4) is 6.07 Å². The van der Waals surface area contributed by atoms with E-state index in [1.54, 1.807) is 6.33 Å². The number of hydrogen-bond acceptors (Lipinski definition) is 3. The van der Waals surface area contributed by atoms with Crippen molar-refractivity contribution in [2.75, 3.05) is 5.33 Å². The molecule has 1 aliphatic carbocycles. The van der Waals surface area contributed by atoms with E-state index >= 15 is 0 Å². The Bertz CT molecular complexity index is 411. The molecule has 0 fully saturated rings. The first-order valence-corrected chi connectivity index (χ1v) is 6.77. The molecule has 0 N–H and O–H groups in total. The minimum absolute atomic E-state index is 0.144. The van der Waals surface area contributed by atoms with Crippen LogP contribution in [-0.4, -0.2) is 15.3 Å². The van der Waals surface area contributed by atoms with Crippen molar-refractivity contribution in [2.45, 2.75) is 38.0 Å². The smallest absolute Gasteiger partial charge is 0.116 e. The lowest BCUT2D eigenvalue weighted by molar-refractivity contribution is 0.707. The minimum Gasteiger partial charge on any atom is -0.241 e. The molecule has 1 atom stereocenters. The van der Waals surface area contributed by atoms with Crippen LogP contribution >= 0.6 is 15.9 Å². The SMILES string of the molecule is N#CC(CBr)c1ncnc2c1CCCCC2. The fourth-order valence-electron chi connectivity index (χ4n) is 2.19. The molecule has 2 rings (SSSR count). The number of nitriles is 1. The van der Waals surface area contributed by atoms with Crippen LogP contribution in [0, 0.1) is 11.3 Å². The van der Waals surface area contributed by atoms with Crippen LogP contribution in [0.5, 0.6) is 0 Å². The number of rotatable bonds is 2. The van der Waals surface area contributed by atoms with E-state index in [2.05, 4.69) is 32.0 Å². The standard InChI is InChI=1S/C12H14BrN3/c13-6-9(7-14)12-10-4-2-1-3-5-11(10)15-8-16-12/h8-9H,1-6H2. The molecule has 1 aromatic heterocycles. The molecule has 0 bridgehead atoms. The van der Waals surface area contributed by atoms with Crippen molar-refractivity contribution in [3.05, 3.63) is 23.3 Å². The van der Waals surface area contributed by atoms with Crippen LogP contribution < -0.4 is 0 Å². The third-order valence-corrected chi connectivity index (χ3v) is 3.70. The van der Waals surface area contributed by atoms with Crippen LogP contribution in [0.2, 0.25) is 0 Å². The Morgan fingerprint density at radius 3 is 2.88 bits per heavy atom. The van der Waals surface area contributed by atoms with Gasteiger partial charge in [0, 0.05) is 11.0 Å². The van der Waals surface area contributed by atoms with Crippen LogP contribution in [0.4, 0.5) is 0 Å². The van der Waals surface area contributed by atoms with Gasteiger partial charge in [-0.2, -0.15) is 5.26 Å². The first-order valence-electron chi connectivity index (χ1n) is 5.65. The molecule has 0 aliphatic heterocycles. The van der Waals surface area contributed by atoms with Gasteiger partial charge in [0.25, 0.3) is 0 Å². The number of halogens is 1. The normalized spacial score (nSPS) is 17.0. The van der Waals surface area contributed by atoms with Crippen LogP contribution in [0.15, 0.2) is 6.33 Å². The lowest BCUT2D eigenvalue weighted by Crippen LogP contribution is -2.09. The van der Waals surface area contributed by atoms with Crippen LogP contribution in [0.25, 0.3) is 0 Å². The third-order valence-electron chi connectivity index (χ3n) is 3.05. The lowest BCUT2D eigenvalue weighted by Gasteiger charge is -2.12. The summed E-state index contributed by atoms with van der Waals surface area (Å²) >= 11 is 3.38. The maximum absolute atomic E-state index is 9.11. The number of aryl methyl sites for hydroxylation is 1. The molecule has 0 radical (unpaired) electrons. The van der Waals surface area contributed by atoms with E-state index in [-0.39, 0.29) is 5.92 Å². The zero-order valence-electron chi connectivity index (χ0n) is 9.12. The average Bonchev–Trinajstić information content (AvgIpc) is 2.56. The van der Waals surface area contributed by atoms with E-state index in [1.165, 1.54) is 24.8 Å². The van der Waals surface area contributed by atoms with Gasteiger partial charge in [-0.1, -0.05) is 22.4 Å². The predicted octanol–water partition coefficient (Wildman–Crippen LogP) is 2.75. The van der Waals surface area contributed by atoms with Crippen molar-refractivity contribution in [1.82, 2.24) is 9.97 Å². The second-order valence-corrected chi connectivity index (χ2v) is 4.73. The number of alkyl halides is 1. The number of hydrogen-bond donors (Lipinski definition) is 0. The summed E-state index contributed by atoms with van der Waals surface area (Å²) in [6.07, 6.45) is 7.30. The second kappa shape index (κ2) is 5.40. The van der Waals surface area contributed by atoms with E-state index in [0.717, 1.165) is 24.2 Å². The van der Waals surface area contributed by atoms with Crippen LogP contribution in [0.3, 0.4) is 0 Å². The molecule has 0 saturated carbocycles. The summed E-state index contributed by atoms with van der Waals surface area (Å²) < 4.78 is 0. The summed E-state index contributed by atoms with van der Waals surface area (Å²) in [6.45, 7) is 0. The van der Waals surface area contributed by atoms with Crippen molar-refractivity contribution < 1.29 is 0 Å². The Kier molecular flexibility index (Phi) is 3.89. The summed E-state index contributed by atoms with van der Waals surface area (Å²) in [7, 11) is 0. The fraction of sp³-hybridized carbons (Fsp3) is 0.583. The molecule has 4 heteroatoms. The van der Waals surface area contributed by atoms with E-state index < -0.39 is 0 Å². The van der Waals surface area contributed by atoms with Gasteiger partial charge in [-0.3, -0.25) is 0 Å². The van der Waals surface area contributed by atoms with Crippen molar-refractivity contribution in [2.24, 2.45) is 0 Å². The Hall–Kier alpha value is -0.950. The number of aromatic nitrogens is 2. The topological polar surface area (TPSA) is 49.6 Å². The first-order chi connectivity index (χ1) is 7.86. The first kappa shape index (κ1) is 11.5. The van der Waals surface area contributed by atoms with E-state index in [0.29, 0.717) is 5.33 Å². The largest absolute Gasteiger partial charge is 0.241 e. The Labute approximate surface area is 104 Å². The second-order valence-electron chi connectivity index (χ2n) is 4.08. The van der Waals surface area contributed by atoms with Gasteiger partial charge >= 0.3 is 0 Å². The van der Waals surface area contributed by atoms with Crippen molar-refractivity contribution in [3.63, 3.8) is 0 Å². The summed E-state index contributed by atoms with van der Waals surface area (Å²) in [4.78, 5) is 8.67. The maximum Gasteiger partial charge on any atom is 0.116 e. The molecule has 1 unspecified atom stereocenters. The lowest BCUT2D eigenvalue weighted by atomic mass is 9.99.